The molecule has 0 N–H and O–H groups in total. The summed E-state index contributed by atoms with van der Waals surface area (Å²) in [5, 5.41) is 0.563. The van der Waals surface area contributed by atoms with E-state index in [9.17, 15) is 9.59 Å². The van der Waals surface area contributed by atoms with E-state index in [1.54, 1.807) is 6.92 Å². The van der Waals surface area contributed by atoms with Gasteiger partial charge in [-0.05, 0) is 13.3 Å². The van der Waals surface area contributed by atoms with Gasteiger partial charge in [0, 0.05) is 11.8 Å². The highest BCUT2D eigenvalue weighted by Gasteiger charge is 2.55. The minimum Gasteiger partial charge on any atom is -0.465 e. The van der Waals surface area contributed by atoms with Gasteiger partial charge in [0.1, 0.15) is 6.10 Å². The number of esters is 2. The number of halogens is 1. The average molecular weight is 321 g/mol. The Labute approximate surface area is 117 Å². The smallest absolute Gasteiger partial charge is 0.323 e. The number of alkyl halides is 1. The van der Waals surface area contributed by atoms with Crippen LogP contribution in [0.5, 0.6) is 0 Å². The van der Waals surface area contributed by atoms with Crippen LogP contribution in [0, 0.1) is 5.41 Å². The third kappa shape index (κ3) is 3.25. The molecule has 1 fully saturated rings. The molecule has 18 heavy (non-hydrogen) atoms. The lowest BCUT2D eigenvalue weighted by Crippen LogP contribution is -2.37. The van der Waals surface area contributed by atoms with E-state index in [0.717, 1.165) is 19.3 Å². The van der Waals surface area contributed by atoms with Crippen LogP contribution in [0.1, 0.15) is 46.0 Å². The molecule has 0 spiro atoms. The van der Waals surface area contributed by atoms with Crippen molar-refractivity contribution in [2.45, 2.75) is 52.1 Å². The van der Waals surface area contributed by atoms with Gasteiger partial charge in [-0.15, -0.1) is 0 Å². The predicted octanol–water partition coefficient (Wildman–Crippen LogP) is 2.83. The van der Waals surface area contributed by atoms with Gasteiger partial charge in [-0.2, -0.15) is 0 Å². The van der Waals surface area contributed by atoms with E-state index < -0.39 is 17.4 Å². The lowest BCUT2D eigenvalue weighted by Gasteiger charge is -2.22. The van der Waals surface area contributed by atoms with Crippen molar-refractivity contribution in [1.29, 1.82) is 0 Å². The fourth-order valence-corrected chi connectivity index (χ4v) is 2.64. The van der Waals surface area contributed by atoms with Crippen LogP contribution in [0.4, 0.5) is 0 Å². The molecule has 1 aliphatic rings. The van der Waals surface area contributed by atoms with Gasteiger partial charge in [0.2, 0.25) is 0 Å². The molecule has 5 heteroatoms. The van der Waals surface area contributed by atoms with Gasteiger partial charge >= 0.3 is 11.9 Å². The molecule has 1 heterocycles. The summed E-state index contributed by atoms with van der Waals surface area (Å²) in [6.45, 7) is 4.13. The Kier molecular flexibility index (Phi) is 6.12. The molecule has 1 saturated heterocycles. The van der Waals surface area contributed by atoms with Crippen molar-refractivity contribution < 1.29 is 19.1 Å². The van der Waals surface area contributed by atoms with Crippen molar-refractivity contribution in [2.24, 2.45) is 5.41 Å². The van der Waals surface area contributed by atoms with E-state index in [4.69, 9.17) is 9.47 Å². The number of carbonyl (C=O) groups excluding carboxylic acids is 2. The molecule has 0 saturated carbocycles. The standard InChI is InChI=1S/C13H21BrO4/c1-3-5-6-7-13(11(15)17-4-2)8-10(9-14)18-12(13)16/h10H,3-9H2,1-2H3/t10-,13-/m0/s1. The van der Waals surface area contributed by atoms with E-state index in [-0.39, 0.29) is 6.10 Å². The van der Waals surface area contributed by atoms with Gasteiger partial charge in [0.05, 0.1) is 6.61 Å². The first kappa shape index (κ1) is 15.5. The van der Waals surface area contributed by atoms with Crippen molar-refractivity contribution in [2.75, 3.05) is 11.9 Å². The third-order valence-corrected chi connectivity index (χ3v) is 4.01. The second-order valence-corrected chi connectivity index (χ2v) is 5.29. The van der Waals surface area contributed by atoms with Gasteiger partial charge in [0.15, 0.2) is 5.41 Å². The Bertz CT molecular complexity index is 305. The predicted molar refractivity (Wildman–Crippen MR) is 71.5 cm³/mol. The lowest BCUT2D eigenvalue weighted by atomic mass is 9.80. The Hall–Kier alpha value is -0.580. The Morgan fingerprint density at radius 2 is 2.22 bits per heavy atom. The summed E-state index contributed by atoms with van der Waals surface area (Å²) in [6.07, 6.45) is 3.65. The largest absolute Gasteiger partial charge is 0.465 e. The zero-order valence-electron chi connectivity index (χ0n) is 11.0. The summed E-state index contributed by atoms with van der Waals surface area (Å²) in [5.74, 6) is -0.837. The van der Waals surface area contributed by atoms with Gasteiger partial charge in [-0.1, -0.05) is 42.1 Å². The molecule has 0 aromatic rings. The van der Waals surface area contributed by atoms with E-state index in [1.807, 2.05) is 0 Å². The normalized spacial score (nSPS) is 27.1. The van der Waals surface area contributed by atoms with E-state index >= 15 is 0 Å². The van der Waals surface area contributed by atoms with Crippen LogP contribution in [-0.2, 0) is 19.1 Å². The maximum Gasteiger partial charge on any atom is 0.323 e. The highest BCUT2D eigenvalue weighted by atomic mass is 79.9. The van der Waals surface area contributed by atoms with Crippen LogP contribution in [0.3, 0.4) is 0 Å². The van der Waals surface area contributed by atoms with Crippen molar-refractivity contribution in [3.05, 3.63) is 0 Å². The van der Waals surface area contributed by atoms with E-state index in [1.165, 1.54) is 0 Å². The van der Waals surface area contributed by atoms with Gasteiger partial charge in [-0.25, -0.2) is 0 Å². The monoisotopic (exact) mass is 320 g/mol. The summed E-state index contributed by atoms with van der Waals surface area (Å²) in [5.41, 5.74) is -1.07. The number of rotatable bonds is 7. The summed E-state index contributed by atoms with van der Waals surface area (Å²) in [7, 11) is 0. The van der Waals surface area contributed by atoms with Crippen LogP contribution >= 0.6 is 15.9 Å². The Morgan fingerprint density at radius 3 is 2.72 bits per heavy atom. The molecule has 1 rings (SSSR count). The average Bonchev–Trinajstić information content (AvgIpc) is 2.68. The number of unbranched alkanes of at least 4 members (excludes halogenated alkanes) is 2. The molecule has 104 valence electrons. The number of hydrogen-bond acceptors (Lipinski definition) is 4. The lowest BCUT2D eigenvalue weighted by molar-refractivity contribution is -0.165. The number of cyclic esters (lactones) is 1. The van der Waals surface area contributed by atoms with Crippen molar-refractivity contribution in [3.8, 4) is 0 Å². The first-order valence-electron chi connectivity index (χ1n) is 6.55. The molecule has 0 amide bonds. The zero-order valence-corrected chi connectivity index (χ0v) is 12.6. The Balaban J connectivity index is 2.80. The maximum absolute atomic E-state index is 12.1. The van der Waals surface area contributed by atoms with E-state index in [2.05, 4.69) is 22.9 Å². The fraction of sp³-hybridized carbons (Fsp3) is 0.846. The molecule has 0 aliphatic carbocycles. The van der Waals surface area contributed by atoms with Crippen LogP contribution in [0.2, 0.25) is 0 Å². The van der Waals surface area contributed by atoms with Crippen molar-refractivity contribution in [3.63, 3.8) is 0 Å². The minimum absolute atomic E-state index is 0.219. The maximum atomic E-state index is 12.1. The van der Waals surface area contributed by atoms with Crippen molar-refractivity contribution >= 4 is 27.9 Å². The van der Waals surface area contributed by atoms with Crippen LogP contribution in [0.25, 0.3) is 0 Å². The molecular weight excluding hydrogens is 300 g/mol. The fourth-order valence-electron chi connectivity index (χ4n) is 2.28. The SMILES string of the molecule is CCCCC[C@@]1(C(=O)OCC)C[C@@H](CBr)OC1=O. The molecule has 0 aromatic carbocycles. The topological polar surface area (TPSA) is 52.6 Å². The molecule has 4 nitrogen and oxygen atoms in total. The molecule has 2 atom stereocenters. The molecule has 0 unspecified atom stereocenters. The van der Waals surface area contributed by atoms with Crippen LogP contribution < -0.4 is 0 Å². The first-order chi connectivity index (χ1) is 8.60. The van der Waals surface area contributed by atoms with Crippen LogP contribution in [-0.4, -0.2) is 30.0 Å². The van der Waals surface area contributed by atoms with Crippen LogP contribution in [0.15, 0.2) is 0 Å². The molecule has 0 radical (unpaired) electrons. The van der Waals surface area contributed by atoms with Gasteiger partial charge in [0.25, 0.3) is 0 Å². The molecule has 1 aliphatic heterocycles. The quantitative estimate of drug-likeness (QED) is 0.313. The second-order valence-electron chi connectivity index (χ2n) is 4.65. The van der Waals surface area contributed by atoms with Gasteiger partial charge < -0.3 is 9.47 Å². The van der Waals surface area contributed by atoms with E-state index in [0.29, 0.717) is 24.8 Å². The van der Waals surface area contributed by atoms with Gasteiger partial charge in [-0.3, -0.25) is 9.59 Å². The summed E-state index contributed by atoms with van der Waals surface area (Å²) in [6, 6.07) is 0. The number of ether oxygens (including phenoxy) is 2. The highest BCUT2D eigenvalue weighted by Crippen LogP contribution is 2.40. The second kappa shape index (κ2) is 7.12. The minimum atomic E-state index is -1.07. The van der Waals surface area contributed by atoms with Crippen molar-refractivity contribution in [1.82, 2.24) is 0 Å². The molecule has 0 bridgehead atoms. The highest BCUT2D eigenvalue weighted by molar-refractivity contribution is 9.09. The third-order valence-electron chi connectivity index (χ3n) is 3.29. The Morgan fingerprint density at radius 1 is 1.50 bits per heavy atom. The molecular formula is C13H21BrO4. The number of hydrogen-bond donors (Lipinski definition) is 0. The molecule has 0 aromatic heterocycles. The zero-order chi connectivity index (χ0) is 13.6. The summed E-state index contributed by atoms with van der Waals surface area (Å²) in [4.78, 5) is 24.1. The first-order valence-corrected chi connectivity index (χ1v) is 7.67. The number of carbonyl (C=O) groups is 2. The summed E-state index contributed by atoms with van der Waals surface area (Å²) < 4.78 is 10.3. The summed E-state index contributed by atoms with van der Waals surface area (Å²) >= 11 is 3.30.